The molecule has 11 amide bonds. The molecule has 1 aliphatic heterocycles. The summed E-state index contributed by atoms with van der Waals surface area (Å²) in [6, 6.07) is -5.44. The second-order valence-corrected chi connectivity index (χ2v) is 23.6. The topological polar surface area (TPSA) is 484 Å². The normalized spacial score (nSPS) is 22.2. The Bertz CT molecular complexity index is 2270. The highest BCUT2D eigenvalue weighted by molar-refractivity contribution is 8.76. The first-order valence-corrected chi connectivity index (χ1v) is 31.3. The maximum Gasteiger partial charge on any atom is 0.245 e. The van der Waals surface area contributed by atoms with Gasteiger partial charge in [0, 0.05) is 24.3 Å². The highest BCUT2D eigenvalue weighted by atomic mass is 33.1. The summed E-state index contributed by atoms with van der Waals surface area (Å²) in [5.74, 6) is -10.0. The van der Waals surface area contributed by atoms with E-state index in [4.69, 9.17) is 34.4 Å². The molecule has 2 rings (SSSR count). The van der Waals surface area contributed by atoms with Crippen molar-refractivity contribution in [3.8, 4) is 0 Å². The largest absolute Gasteiger partial charge is 0.391 e. The average molecular weight is 1220 g/mol. The van der Waals surface area contributed by atoms with Crippen LogP contribution in [0.25, 0.3) is 0 Å². The van der Waals surface area contributed by atoms with Gasteiger partial charge in [0.15, 0.2) is 0 Å². The third kappa shape index (κ3) is 27.7. The molecule has 0 saturated carbocycles. The summed E-state index contributed by atoms with van der Waals surface area (Å²) < 4.78 is 0. The number of aliphatic hydroxyl groups is 1. The number of carbonyl (C=O) groups excluding carboxylic acids is 11. The van der Waals surface area contributed by atoms with Crippen LogP contribution in [0.4, 0.5) is 0 Å². The number of primary amides is 1. The monoisotopic (exact) mass is 1220 g/mol. The summed E-state index contributed by atoms with van der Waals surface area (Å²) in [7, 11) is 1.87. The van der Waals surface area contributed by atoms with Gasteiger partial charge in [0.25, 0.3) is 0 Å². The number of benzene rings is 1. The minimum Gasteiger partial charge on any atom is -0.391 e. The van der Waals surface area contributed by atoms with Crippen molar-refractivity contribution in [2.24, 2.45) is 40.3 Å². The van der Waals surface area contributed by atoms with Gasteiger partial charge in [0.05, 0.1) is 6.10 Å². The number of aliphatic hydroxyl groups excluding tert-OH is 1. The summed E-state index contributed by atoms with van der Waals surface area (Å²) in [4.78, 5) is 152. The lowest BCUT2D eigenvalue weighted by molar-refractivity contribution is -0.136. The SMILES string of the molecule is CCCCCCCCC(=O)N[C@@H](CCN)C(=O)N[C@H](C(=O)N[C@@H](CCN)C(=O)NC1CSSCC(C(N)=O)NC(=O)[C@H](CCN)NC(=O)[C@H](CCN)NC(=O)[C@H](CC(C)C)NC(=O)[C@H](Cc2ccccc2)NC(=O)C(CCN)NC1=O)[C@@H](C)O. The van der Waals surface area contributed by atoms with E-state index in [9.17, 15) is 57.8 Å². The van der Waals surface area contributed by atoms with Gasteiger partial charge in [-0.2, -0.15) is 0 Å². The van der Waals surface area contributed by atoms with Gasteiger partial charge in [-0.1, -0.05) is 105 Å². The van der Waals surface area contributed by atoms with Gasteiger partial charge < -0.3 is 92.7 Å². The molecule has 0 aliphatic carbocycles. The molecular weight excluding hydrogens is 1130 g/mol. The van der Waals surface area contributed by atoms with E-state index >= 15 is 0 Å². The summed E-state index contributed by atoms with van der Waals surface area (Å²) in [6.07, 6.45) is 3.53. The summed E-state index contributed by atoms with van der Waals surface area (Å²) >= 11 is 0. The van der Waals surface area contributed by atoms with E-state index in [0.717, 1.165) is 53.7 Å². The predicted molar refractivity (Wildman–Crippen MR) is 321 cm³/mol. The highest BCUT2D eigenvalue weighted by Crippen LogP contribution is 2.24. The number of nitrogens with one attached hydrogen (secondary N) is 10. The lowest BCUT2D eigenvalue weighted by Crippen LogP contribution is -2.62. The van der Waals surface area contributed by atoms with Crippen molar-refractivity contribution >= 4 is 86.6 Å². The Labute approximate surface area is 500 Å². The highest BCUT2D eigenvalue weighted by Gasteiger charge is 2.37. The van der Waals surface area contributed by atoms with Crippen molar-refractivity contribution in [3.63, 3.8) is 0 Å². The van der Waals surface area contributed by atoms with Gasteiger partial charge >= 0.3 is 0 Å². The Morgan fingerprint density at radius 1 is 0.571 bits per heavy atom. The fourth-order valence-corrected chi connectivity index (χ4v) is 11.0. The molecule has 11 atom stereocenters. The summed E-state index contributed by atoms with van der Waals surface area (Å²) in [5.41, 5.74) is 35.7. The summed E-state index contributed by atoms with van der Waals surface area (Å²) in [5, 5.41) is 36.7. The van der Waals surface area contributed by atoms with Crippen molar-refractivity contribution in [1.82, 2.24) is 53.2 Å². The first-order chi connectivity index (χ1) is 40.0. The van der Waals surface area contributed by atoms with Crippen LogP contribution in [-0.2, 0) is 59.2 Å². The number of hydrogen-bond acceptors (Lipinski definition) is 19. The molecule has 0 bridgehead atoms. The number of amides is 11. The Morgan fingerprint density at radius 3 is 1.57 bits per heavy atom. The molecule has 1 heterocycles. The fourth-order valence-electron chi connectivity index (χ4n) is 8.71. The molecule has 0 aromatic heterocycles. The smallest absolute Gasteiger partial charge is 0.245 e. The molecule has 1 fully saturated rings. The molecule has 1 aliphatic rings. The standard InChI is InChI=1S/C54H94N16O12S2/c1-5-6-7-8-9-13-16-43(72)61-34(17-22-55)50(78)70-44(32(4)71)54(82)65-38(21-26-59)49(77)69-42-30-84-83-29-41(45(60)73)68-48(76)37(20-25-58)62-46(74)35(18-23-56)63-51(79)39(27-31(2)3)66-52(80)40(28-33-14-11-10-12-15-33)67-47(75)36(19-24-57)64-53(42)81/h10-12,14-15,31-32,34-42,44,71H,5-9,13,16-30,55-59H2,1-4H3,(H2,60,73)(H,61,72)(H,62,74)(H,63,79)(H,64,81)(H,65,82)(H,66,80)(H,67,75)(H,68,76)(H,69,77)(H,70,78)/t32-,34+,35+,36?,37+,38+,39+,40+,41?,42?,44+/m1/s1. The number of nitrogens with two attached hydrogens (primary N) is 6. The third-order valence-corrected chi connectivity index (χ3v) is 15.8. The molecule has 30 heteroatoms. The van der Waals surface area contributed by atoms with E-state index < -0.39 is 132 Å². The van der Waals surface area contributed by atoms with E-state index in [2.05, 4.69) is 60.1 Å². The van der Waals surface area contributed by atoms with E-state index in [1.165, 1.54) is 6.92 Å². The van der Waals surface area contributed by atoms with E-state index in [1.807, 2.05) is 0 Å². The Kier molecular flexibility index (Phi) is 36.1. The van der Waals surface area contributed by atoms with E-state index in [-0.39, 0.29) is 102 Å². The van der Waals surface area contributed by atoms with Crippen LogP contribution in [0.5, 0.6) is 0 Å². The molecule has 84 heavy (non-hydrogen) atoms. The zero-order valence-electron chi connectivity index (χ0n) is 48.9. The van der Waals surface area contributed by atoms with Crippen LogP contribution in [0.1, 0.15) is 117 Å². The molecule has 3 unspecified atom stereocenters. The van der Waals surface area contributed by atoms with Gasteiger partial charge in [-0.05, 0) is 96.1 Å². The van der Waals surface area contributed by atoms with Crippen molar-refractivity contribution in [2.75, 3.05) is 44.2 Å². The molecule has 1 saturated heterocycles. The van der Waals surface area contributed by atoms with Crippen LogP contribution in [-0.4, -0.2) is 181 Å². The minimum absolute atomic E-state index is 0.000438. The van der Waals surface area contributed by atoms with E-state index in [1.54, 1.807) is 44.2 Å². The number of hydrogen-bond donors (Lipinski definition) is 17. The lowest BCUT2D eigenvalue weighted by atomic mass is 10.00. The third-order valence-electron chi connectivity index (χ3n) is 13.4. The first-order valence-electron chi connectivity index (χ1n) is 28.8. The number of carbonyl (C=O) groups is 11. The number of unbranched alkanes of at least 4 members (excludes halogenated alkanes) is 5. The fraction of sp³-hybridized carbons (Fsp3) is 0.685. The molecule has 1 aromatic carbocycles. The zero-order valence-corrected chi connectivity index (χ0v) is 50.5. The molecule has 474 valence electrons. The van der Waals surface area contributed by atoms with Gasteiger partial charge in [-0.3, -0.25) is 52.7 Å². The number of rotatable bonds is 30. The minimum atomic E-state index is -1.67. The van der Waals surface area contributed by atoms with Crippen LogP contribution in [0.15, 0.2) is 30.3 Å². The lowest BCUT2D eigenvalue weighted by Gasteiger charge is -2.28. The van der Waals surface area contributed by atoms with Crippen molar-refractivity contribution < 1.29 is 57.8 Å². The van der Waals surface area contributed by atoms with Crippen molar-refractivity contribution in [2.45, 2.75) is 184 Å². The molecule has 0 radical (unpaired) electrons. The molecule has 28 nitrogen and oxygen atoms in total. The molecule has 1 aromatic rings. The predicted octanol–water partition coefficient (Wildman–Crippen LogP) is -4.12. The molecular formula is C54H94N16O12S2. The van der Waals surface area contributed by atoms with Crippen LogP contribution < -0.4 is 87.6 Å². The van der Waals surface area contributed by atoms with Gasteiger partial charge in [-0.15, -0.1) is 0 Å². The summed E-state index contributed by atoms with van der Waals surface area (Å²) in [6.45, 7) is 6.35. The average Bonchev–Trinajstić information content (AvgIpc) is 3.66. The quantitative estimate of drug-likeness (QED) is 0.0257. The maximum atomic E-state index is 14.5. The Balaban J connectivity index is 2.63. The van der Waals surface area contributed by atoms with Crippen LogP contribution in [0.2, 0.25) is 0 Å². The second kappa shape index (κ2) is 41.0. The first kappa shape index (κ1) is 74.0. The van der Waals surface area contributed by atoms with Gasteiger partial charge in [-0.25, -0.2) is 0 Å². The van der Waals surface area contributed by atoms with Crippen molar-refractivity contribution in [1.29, 1.82) is 0 Å². The van der Waals surface area contributed by atoms with E-state index in [0.29, 0.717) is 12.0 Å². The van der Waals surface area contributed by atoms with Crippen LogP contribution in [0, 0.1) is 5.92 Å². The van der Waals surface area contributed by atoms with Crippen LogP contribution >= 0.6 is 21.6 Å². The van der Waals surface area contributed by atoms with Crippen molar-refractivity contribution in [3.05, 3.63) is 35.9 Å². The van der Waals surface area contributed by atoms with Crippen LogP contribution in [0.3, 0.4) is 0 Å². The molecule has 23 N–H and O–H groups in total. The second-order valence-electron chi connectivity index (χ2n) is 21.0. The molecule has 0 spiro atoms. The Hall–Kier alpha value is -6.15. The van der Waals surface area contributed by atoms with Gasteiger partial charge in [0.2, 0.25) is 65.0 Å². The Morgan fingerprint density at radius 2 is 1.05 bits per heavy atom. The maximum absolute atomic E-state index is 14.5. The van der Waals surface area contributed by atoms with Gasteiger partial charge in [0.1, 0.15) is 60.4 Å². The zero-order chi connectivity index (χ0) is 62.7.